The lowest BCUT2D eigenvalue weighted by Gasteiger charge is -2.45. The molecule has 2 heterocycles. The smallest absolute Gasteiger partial charge is 0.0729 e. The van der Waals surface area contributed by atoms with Crippen molar-refractivity contribution in [2.24, 2.45) is 5.92 Å². The molecule has 0 bridgehead atoms. The van der Waals surface area contributed by atoms with E-state index in [1.807, 2.05) is 0 Å². The molecule has 0 radical (unpaired) electrons. The molecular weight excluding hydrogens is 264 g/mol. The summed E-state index contributed by atoms with van der Waals surface area (Å²) in [5, 5.41) is 3.80. The van der Waals surface area contributed by atoms with Crippen molar-refractivity contribution in [1.82, 2.24) is 10.2 Å². The van der Waals surface area contributed by atoms with Crippen LogP contribution >= 0.6 is 0 Å². The fourth-order valence-corrected chi connectivity index (χ4v) is 3.73. The molecule has 2 rings (SSSR count). The van der Waals surface area contributed by atoms with Gasteiger partial charge in [0.15, 0.2) is 0 Å². The molecule has 2 aliphatic rings. The molecule has 4 nitrogen and oxygen atoms in total. The van der Waals surface area contributed by atoms with Gasteiger partial charge in [0.2, 0.25) is 0 Å². The van der Waals surface area contributed by atoms with Crippen LogP contribution in [0.4, 0.5) is 0 Å². The van der Waals surface area contributed by atoms with Crippen LogP contribution in [0.25, 0.3) is 0 Å². The summed E-state index contributed by atoms with van der Waals surface area (Å²) in [5.41, 5.74) is 0.116. The minimum Gasteiger partial charge on any atom is -0.381 e. The van der Waals surface area contributed by atoms with Crippen molar-refractivity contribution in [2.75, 3.05) is 47.0 Å². The van der Waals surface area contributed by atoms with E-state index in [-0.39, 0.29) is 5.60 Å². The summed E-state index contributed by atoms with van der Waals surface area (Å²) in [7, 11) is 4.33. The standard InChI is InChI=1S/C17H34N2O2/c1-4-9-18-16(5-10-19(2)3)15-6-11-21-17(14-15)7-12-20-13-8-17/h15-16,18H,4-14H2,1-3H3. The van der Waals surface area contributed by atoms with Crippen LogP contribution in [0.1, 0.15) is 45.4 Å². The van der Waals surface area contributed by atoms with E-state index >= 15 is 0 Å². The fraction of sp³-hybridized carbons (Fsp3) is 1.00. The lowest BCUT2D eigenvalue weighted by atomic mass is 9.77. The van der Waals surface area contributed by atoms with Gasteiger partial charge in [-0.3, -0.25) is 0 Å². The number of rotatable bonds is 7. The molecular formula is C17H34N2O2. The van der Waals surface area contributed by atoms with Crippen LogP contribution in [-0.4, -0.2) is 63.5 Å². The van der Waals surface area contributed by atoms with E-state index in [0.717, 1.165) is 51.7 Å². The molecule has 2 saturated heterocycles. The molecule has 2 unspecified atom stereocenters. The van der Waals surface area contributed by atoms with Crippen LogP contribution in [0.15, 0.2) is 0 Å². The number of nitrogens with zero attached hydrogens (tertiary/aromatic N) is 1. The highest BCUT2D eigenvalue weighted by atomic mass is 16.5. The molecule has 0 saturated carbocycles. The maximum atomic E-state index is 6.20. The summed E-state index contributed by atoms with van der Waals surface area (Å²) >= 11 is 0. The normalized spacial score (nSPS) is 27.1. The van der Waals surface area contributed by atoms with Crippen molar-refractivity contribution in [1.29, 1.82) is 0 Å². The van der Waals surface area contributed by atoms with Crippen LogP contribution < -0.4 is 5.32 Å². The number of hydrogen-bond acceptors (Lipinski definition) is 4. The van der Waals surface area contributed by atoms with Crippen LogP contribution in [0.3, 0.4) is 0 Å². The molecule has 2 aliphatic heterocycles. The summed E-state index contributed by atoms with van der Waals surface area (Å²) < 4.78 is 11.7. The molecule has 1 spiro atoms. The van der Waals surface area contributed by atoms with Crippen molar-refractivity contribution in [2.45, 2.75) is 57.1 Å². The van der Waals surface area contributed by atoms with Crippen molar-refractivity contribution in [3.8, 4) is 0 Å². The second kappa shape index (κ2) is 8.47. The van der Waals surface area contributed by atoms with Crippen molar-refractivity contribution in [3.63, 3.8) is 0 Å². The molecule has 0 aromatic heterocycles. The SMILES string of the molecule is CCCNC(CCN(C)C)C1CCOC2(CCOCC2)C1. The van der Waals surface area contributed by atoms with Crippen molar-refractivity contribution >= 4 is 0 Å². The van der Waals surface area contributed by atoms with Gasteiger partial charge in [-0.15, -0.1) is 0 Å². The van der Waals surface area contributed by atoms with Crippen LogP contribution in [0.2, 0.25) is 0 Å². The summed E-state index contributed by atoms with van der Waals surface area (Å²) in [4.78, 5) is 2.30. The highest BCUT2D eigenvalue weighted by molar-refractivity contribution is 4.92. The Kier molecular flexibility index (Phi) is 6.93. The van der Waals surface area contributed by atoms with E-state index in [0.29, 0.717) is 6.04 Å². The predicted molar refractivity (Wildman–Crippen MR) is 86.7 cm³/mol. The molecule has 4 heteroatoms. The Hall–Kier alpha value is -0.160. The molecule has 0 aromatic rings. The molecule has 21 heavy (non-hydrogen) atoms. The van der Waals surface area contributed by atoms with E-state index in [9.17, 15) is 0 Å². The zero-order valence-electron chi connectivity index (χ0n) is 14.2. The Bertz CT molecular complexity index is 285. The zero-order chi connectivity index (χ0) is 15.1. The molecule has 0 aromatic carbocycles. The minimum absolute atomic E-state index is 0.116. The third-order valence-corrected chi connectivity index (χ3v) is 5.05. The van der Waals surface area contributed by atoms with Crippen LogP contribution in [0, 0.1) is 5.92 Å². The van der Waals surface area contributed by atoms with Crippen LogP contribution in [0.5, 0.6) is 0 Å². The van der Waals surface area contributed by atoms with Crippen molar-refractivity contribution in [3.05, 3.63) is 0 Å². The van der Waals surface area contributed by atoms with E-state index in [1.165, 1.54) is 25.7 Å². The summed E-state index contributed by atoms with van der Waals surface area (Å²) in [6.45, 7) is 7.21. The Morgan fingerprint density at radius 2 is 2.00 bits per heavy atom. The lowest BCUT2D eigenvalue weighted by molar-refractivity contribution is -0.150. The quantitative estimate of drug-likeness (QED) is 0.782. The highest BCUT2D eigenvalue weighted by Crippen LogP contribution is 2.38. The zero-order valence-corrected chi connectivity index (χ0v) is 14.2. The van der Waals surface area contributed by atoms with E-state index < -0.39 is 0 Å². The molecule has 2 fully saturated rings. The Balaban J connectivity index is 1.93. The summed E-state index contributed by atoms with van der Waals surface area (Å²) in [6, 6.07) is 0.635. The van der Waals surface area contributed by atoms with E-state index in [2.05, 4.69) is 31.2 Å². The molecule has 0 amide bonds. The molecule has 2 atom stereocenters. The Morgan fingerprint density at radius 3 is 2.67 bits per heavy atom. The third-order valence-electron chi connectivity index (χ3n) is 5.05. The third kappa shape index (κ3) is 5.20. The Labute approximate surface area is 130 Å². The first-order chi connectivity index (χ1) is 10.2. The lowest BCUT2D eigenvalue weighted by Crippen LogP contribution is -2.50. The average Bonchev–Trinajstić information content (AvgIpc) is 2.48. The predicted octanol–water partition coefficient (Wildman–Crippen LogP) is 2.28. The maximum absolute atomic E-state index is 6.20. The first kappa shape index (κ1) is 17.2. The van der Waals surface area contributed by atoms with Gasteiger partial charge in [0, 0.05) is 25.9 Å². The maximum Gasteiger partial charge on any atom is 0.0729 e. The van der Waals surface area contributed by atoms with E-state index in [1.54, 1.807) is 0 Å². The number of nitrogens with one attached hydrogen (secondary N) is 1. The number of hydrogen-bond donors (Lipinski definition) is 1. The van der Waals surface area contributed by atoms with Gasteiger partial charge in [-0.05, 0) is 71.6 Å². The first-order valence-electron chi connectivity index (χ1n) is 8.75. The van der Waals surface area contributed by atoms with Gasteiger partial charge in [-0.25, -0.2) is 0 Å². The van der Waals surface area contributed by atoms with E-state index in [4.69, 9.17) is 9.47 Å². The van der Waals surface area contributed by atoms with Gasteiger partial charge in [0.25, 0.3) is 0 Å². The minimum atomic E-state index is 0.116. The first-order valence-corrected chi connectivity index (χ1v) is 8.75. The molecule has 0 aliphatic carbocycles. The fourth-order valence-electron chi connectivity index (χ4n) is 3.73. The topological polar surface area (TPSA) is 33.7 Å². The Morgan fingerprint density at radius 1 is 1.24 bits per heavy atom. The van der Waals surface area contributed by atoms with Gasteiger partial charge in [0.05, 0.1) is 5.60 Å². The second-order valence-corrected chi connectivity index (χ2v) is 7.05. The number of ether oxygens (including phenoxy) is 2. The molecule has 124 valence electrons. The van der Waals surface area contributed by atoms with Gasteiger partial charge < -0.3 is 19.7 Å². The highest BCUT2D eigenvalue weighted by Gasteiger charge is 2.40. The monoisotopic (exact) mass is 298 g/mol. The van der Waals surface area contributed by atoms with Gasteiger partial charge in [0.1, 0.15) is 0 Å². The molecule has 1 N–H and O–H groups in total. The van der Waals surface area contributed by atoms with Crippen molar-refractivity contribution < 1.29 is 9.47 Å². The average molecular weight is 298 g/mol. The van der Waals surface area contributed by atoms with Gasteiger partial charge >= 0.3 is 0 Å². The van der Waals surface area contributed by atoms with Gasteiger partial charge in [-0.2, -0.15) is 0 Å². The second-order valence-electron chi connectivity index (χ2n) is 7.05. The largest absolute Gasteiger partial charge is 0.381 e. The summed E-state index contributed by atoms with van der Waals surface area (Å²) in [6.07, 6.45) is 7.03. The van der Waals surface area contributed by atoms with Gasteiger partial charge in [-0.1, -0.05) is 6.92 Å². The summed E-state index contributed by atoms with van der Waals surface area (Å²) in [5.74, 6) is 0.753. The van der Waals surface area contributed by atoms with Crippen LogP contribution in [-0.2, 0) is 9.47 Å².